The van der Waals surface area contributed by atoms with Gasteiger partial charge in [0, 0.05) is 16.7 Å². The van der Waals surface area contributed by atoms with Crippen molar-refractivity contribution in [1.29, 1.82) is 0 Å². The van der Waals surface area contributed by atoms with Crippen LogP contribution in [0.15, 0.2) is 54.6 Å². The smallest absolute Gasteiger partial charge is 0.336 e. The zero-order valence-electron chi connectivity index (χ0n) is 14.4. The maximum atomic E-state index is 12.1. The topological polar surface area (TPSA) is 55.8 Å². The highest BCUT2D eigenvalue weighted by Crippen LogP contribution is 2.39. The quantitative estimate of drug-likeness (QED) is 0.733. The summed E-state index contributed by atoms with van der Waals surface area (Å²) in [5.74, 6) is 0.107. The Labute approximate surface area is 146 Å². The minimum Gasteiger partial charge on any atom is -0.496 e. The maximum absolute atomic E-state index is 12.1. The van der Waals surface area contributed by atoms with Crippen LogP contribution in [0.1, 0.15) is 34.3 Å². The van der Waals surface area contributed by atoms with Gasteiger partial charge in [0.1, 0.15) is 11.5 Å². The molecule has 3 rings (SSSR count). The number of carboxylic acid groups (broad SMARTS) is 1. The SMILES string of the molecule is COc1ccc(OC)c2c(C(=O)O)c([C@@H](C)c3ccccc3)ccc12. The summed E-state index contributed by atoms with van der Waals surface area (Å²) in [5.41, 5.74) is 2.06. The fraction of sp³-hybridized carbons (Fsp3) is 0.190. The van der Waals surface area contributed by atoms with Crippen molar-refractivity contribution in [3.8, 4) is 11.5 Å². The van der Waals surface area contributed by atoms with E-state index in [1.807, 2.05) is 49.4 Å². The molecular weight excluding hydrogens is 316 g/mol. The fourth-order valence-corrected chi connectivity index (χ4v) is 3.27. The van der Waals surface area contributed by atoms with Crippen molar-refractivity contribution < 1.29 is 19.4 Å². The molecule has 128 valence electrons. The third-order valence-corrected chi connectivity index (χ3v) is 4.56. The van der Waals surface area contributed by atoms with Crippen LogP contribution in [0, 0.1) is 0 Å². The first-order valence-electron chi connectivity index (χ1n) is 8.04. The number of rotatable bonds is 5. The van der Waals surface area contributed by atoms with Crippen molar-refractivity contribution >= 4 is 16.7 Å². The van der Waals surface area contributed by atoms with Crippen LogP contribution in [0.2, 0.25) is 0 Å². The van der Waals surface area contributed by atoms with Crippen molar-refractivity contribution in [3.05, 3.63) is 71.3 Å². The van der Waals surface area contributed by atoms with E-state index >= 15 is 0 Å². The third kappa shape index (κ3) is 2.91. The summed E-state index contributed by atoms with van der Waals surface area (Å²) in [4.78, 5) is 12.1. The average Bonchev–Trinajstić information content (AvgIpc) is 2.66. The Morgan fingerprint density at radius 2 is 1.56 bits per heavy atom. The second-order valence-electron chi connectivity index (χ2n) is 5.86. The number of aromatic carboxylic acids is 1. The minimum atomic E-state index is -0.977. The molecule has 3 aromatic rings. The number of hydrogen-bond acceptors (Lipinski definition) is 3. The van der Waals surface area contributed by atoms with Gasteiger partial charge in [0.25, 0.3) is 0 Å². The average molecular weight is 336 g/mol. The molecule has 1 N–H and O–H groups in total. The van der Waals surface area contributed by atoms with Crippen LogP contribution >= 0.6 is 0 Å². The van der Waals surface area contributed by atoms with Gasteiger partial charge < -0.3 is 14.6 Å². The Morgan fingerprint density at radius 3 is 2.16 bits per heavy atom. The molecule has 4 nitrogen and oxygen atoms in total. The molecule has 1 atom stereocenters. The van der Waals surface area contributed by atoms with Gasteiger partial charge in [-0.2, -0.15) is 0 Å². The molecule has 4 heteroatoms. The second kappa shape index (κ2) is 6.85. The number of carbonyl (C=O) groups is 1. The summed E-state index contributed by atoms with van der Waals surface area (Å²) >= 11 is 0. The highest BCUT2D eigenvalue weighted by atomic mass is 16.5. The van der Waals surface area contributed by atoms with Gasteiger partial charge in [-0.3, -0.25) is 0 Å². The Morgan fingerprint density at radius 1 is 0.920 bits per heavy atom. The summed E-state index contributed by atoms with van der Waals surface area (Å²) in [6.45, 7) is 2.01. The van der Waals surface area contributed by atoms with Crippen molar-refractivity contribution in [2.24, 2.45) is 0 Å². The van der Waals surface area contributed by atoms with Gasteiger partial charge in [-0.15, -0.1) is 0 Å². The van der Waals surface area contributed by atoms with E-state index in [0.717, 1.165) is 16.5 Å². The molecule has 0 unspecified atom stereocenters. The molecule has 0 aliphatic heterocycles. The highest BCUT2D eigenvalue weighted by molar-refractivity contribution is 6.09. The molecule has 0 fully saturated rings. The third-order valence-electron chi connectivity index (χ3n) is 4.56. The van der Waals surface area contributed by atoms with E-state index in [9.17, 15) is 9.90 Å². The number of fused-ring (bicyclic) bond motifs is 1. The molecule has 0 saturated carbocycles. The van der Waals surface area contributed by atoms with Gasteiger partial charge in [-0.25, -0.2) is 4.79 Å². The van der Waals surface area contributed by atoms with Crippen LogP contribution in [0.4, 0.5) is 0 Å². The highest BCUT2D eigenvalue weighted by Gasteiger charge is 2.23. The predicted octanol–water partition coefficient (Wildman–Crippen LogP) is 4.71. The summed E-state index contributed by atoms with van der Waals surface area (Å²) in [5, 5.41) is 11.2. The lowest BCUT2D eigenvalue weighted by molar-refractivity contribution is 0.0697. The molecule has 0 saturated heterocycles. The normalized spacial score (nSPS) is 12.0. The van der Waals surface area contributed by atoms with E-state index in [1.165, 1.54) is 0 Å². The van der Waals surface area contributed by atoms with Crippen LogP contribution in [0.3, 0.4) is 0 Å². The standard InChI is InChI=1S/C21H20O4/c1-13(14-7-5-4-6-8-14)15-9-10-16-17(24-2)11-12-18(25-3)19(16)20(15)21(22)23/h4-13H,1-3H3,(H,22,23)/t13-/m0/s1. The van der Waals surface area contributed by atoms with Crippen molar-refractivity contribution in [3.63, 3.8) is 0 Å². The molecule has 0 aliphatic carbocycles. The van der Waals surface area contributed by atoms with E-state index < -0.39 is 5.97 Å². The molecule has 0 aromatic heterocycles. The monoisotopic (exact) mass is 336 g/mol. The van der Waals surface area contributed by atoms with E-state index in [0.29, 0.717) is 16.9 Å². The number of carboxylic acids is 1. The fourth-order valence-electron chi connectivity index (χ4n) is 3.27. The first-order chi connectivity index (χ1) is 12.1. The molecule has 0 amide bonds. The summed E-state index contributed by atoms with van der Waals surface area (Å²) in [6.07, 6.45) is 0. The molecule has 3 aromatic carbocycles. The number of benzene rings is 3. The number of ether oxygens (including phenoxy) is 2. The Bertz CT molecular complexity index is 916. The van der Waals surface area contributed by atoms with Crippen molar-refractivity contribution in [2.75, 3.05) is 14.2 Å². The molecule has 0 bridgehead atoms. The minimum absolute atomic E-state index is 0.0624. The number of methoxy groups -OCH3 is 2. The number of hydrogen-bond donors (Lipinski definition) is 1. The lowest BCUT2D eigenvalue weighted by atomic mass is 9.86. The molecule has 0 radical (unpaired) electrons. The first kappa shape index (κ1) is 16.8. The van der Waals surface area contributed by atoms with Gasteiger partial charge in [-0.05, 0) is 23.3 Å². The zero-order chi connectivity index (χ0) is 18.0. The van der Waals surface area contributed by atoms with E-state index in [-0.39, 0.29) is 11.5 Å². The molecular formula is C21H20O4. The van der Waals surface area contributed by atoms with Crippen LogP contribution in [-0.4, -0.2) is 25.3 Å². The second-order valence-corrected chi connectivity index (χ2v) is 5.86. The maximum Gasteiger partial charge on any atom is 0.336 e. The van der Waals surface area contributed by atoms with Gasteiger partial charge in [0.2, 0.25) is 0 Å². The van der Waals surface area contributed by atoms with Crippen molar-refractivity contribution in [2.45, 2.75) is 12.8 Å². The Balaban J connectivity index is 2.34. The van der Waals surface area contributed by atoms with Crippen molar-refractivity contribution in [1.82, 2.24) is 0 Å². The lowest BCUT2D eigenvalue weighted by Crippen LogP contribution is -2.08. The Kier molecular flexibility index (Phi) is 4.61. The first-order valence-corrected chi connectivity index (χ1v) is 8.04. The predicted molar refractivity (Wildman–Crippen MR) is 98.0 cm³/mol. The summed E-state index contributed by atoms with van der Waals surface area (Å²) < 4.78 is 10.8. The van der Waals surface area contributed by atoms with Gasteiger partial charge in [0.15, 0.2) is 0 Å². The largest absolute Gasteiger partial charge is 0.496 e. The van der Waals surface area contributed by atoms with E-state index in [1.54, 1.807) is 26.4 Å². The molecule has 0 aliphatic rings. The van der Waals surface area contributed by atoms with Crippen LogP contribution in [0.5, 0.6) is 11.5 Å². The molecule has 0 spiro atoms. The van der Waals surface area contributed by atoms with E-state index in [4.69, 9.17) is 9.47 Å². The van der Waals surface area contributed by atoms with Crippen LogP contribution in [0.25, 0.3) is 10.8 Å². The Hall–Kier alpha value is -3.01. The zero-order valence-corrected chi connectivity index (χ0v) is 14.4. The van der Waals surface area contributed by atoms with Gasteiger partial charge in [0.05, 0.1) is 19.8 Å². The van der Waals surface area contributed by atoms with Crippen LogP contribution < -0.4 is 9.47 Å². The van der Waals surface area contributed by atoms with Gasteiger partial charge >= 0.3 is 5.97 Å². The van der Waals surface area contributed by atoms with E-state index in [2.05, 4.69) is 0 Å². The molecule has 0 heterocycles. The van der Waals surface area contributed by atoms with Gasteiger partial charge in [-0.1, -0.05) is 49.4 Å². The van der Waals surface area contributed by atoms with Crippen LogP contribution in [-0.2, 0) is 0 Å². The lowest BCUT2D eigenvalue weighted by Gasteiger charge is -2.19. The summed E-state index contributed by atoms with van der Waals surface area (Å²) in [7, 11) is 3.11. The summed E-state index contributed by atoms with van der Waals surface area (Å²) in [6, 6.07) is 17.2. The molecule has 25 heavy (non-hydrogen) atoms.